The molecule has 0 spiro atoms. The third kappa shape index (κ3) is 3.22. The van der Waals surface area contributed by atoms with Crippen LogP contribution in [-0.2, 0) is 10.2 Å². The number of nitrogens with zero attached hydrogens (tertiary/aromatic N) is 2. The van der Waals surface area contributed by atoms with Gasteiger partial charge in [-0.15, -0.1) is 0 Å². The fourth-order valence-electron chi connectivity index (χ4n) is 0.783. The van der Waals surface area contributed by atoms with Gasteiger partial charge in [-0.25, -0.2) is 0 Å². The second-order valence-corrected chi connectivity index (χ2v) is 5.32. The largest absolute Gasteiger partial charge is 0.329 e. The van der Waals surface area contributed by atoms with E-state index >= 15 is 0 Å². The van der Waals surface area contributed by atoms with Crippen molar-refractivity contribution in [3.05, 3.63) is 0 Å². The molecule has 5 nitrogen and oxygen atoms in total. The maximum absolute atomic E-state index is 11.7. The van der Waals surface area contributed by atoms with Gasteiger partial charge in [0.25, 0.3) is 10.2 Å². The van der Waals surface area contributed by atoms with Gasteiger partial charge in [0.05, 0.1) is 0 Å². The van der Waals surface area contributed by atoms with Gasteiger partial charge < -0.3 is 5.73 Å². The van der Waals surface area contributed by atoms with Crippen LogP contribution in [0.15, 0.2) is 0 Å². The average Bonchev–Trinajstić information content (AvgIpc) is 2.03. The van der Waals surface area contributed by atoms with Gasteiger partial charge in [-0.2, -0.15) is 17.0 Å². The van der Waals surface area contributed by atoms with E-state index in [4.69, 9.17) is 5.73 Å². The predicted molar refractivity (Wildman–Crippen MR) is 53.5 cm³/mol. The number of likely N-dealkylation sites (N-methyl/N-ethyl adjacent to an activating group) is 1. The SMILES string of the molecule is CC(C)N(C)S(=O)(=O)N(C)CCN. The molecule has 0 unspecified atom stereocenters. The fraction of sp³-hybridized carbons (Fsp3) is 1.00. The Bertz CT molecular complexity index is 238. The minimum atomic E-state index is -3.31. The number of hydrogen-bond donors (Lipinski definition) is 1. The lowest BCUT2D eigenvalue weighted by Crippen LogP contribution is -2.44. The van der Waals surface area contributed by atoms with E-state index < -0.39 is 10.2 Å². The monoisotopic (exact) mass is 209 g/mol. The van der Waals surface area contributed by atoms with Gasteiger partial charge in [0.15, 0.2) is 0 Å². The minimum absolute atomic E-state index is 0.0368. The lowest BCUT2D eigenvalue weighted by molar-refractivity contribution is 0.360. The van der Waals surface area contributed by atoms with Crippen molar-refractivity contribution in [1.82, 2.24) is 8.61 Å². The Labute approximate surface area is 80.7 Å². The van der Waals surface area contributed by atoms with Crippen molar-refractivity contribution in [2.24, 2.45) is 5.73 Å². The molecule has 0 saturated carbocycles. The summed E-state index contributed by atoms with van der Waals surface area (Å²) in [4.78, 5) is 0. The van der Waals surface area contributed by atoms with Gasteiger partial charge in [0.1, 0.15) is 0 Å². The molecule has 0 saturated heterocycles. The number of rotatable bonds is 5. The molecule has 0 aromatic rings. The van der Waals surface area contributed by atoms with Crippen LogP contribution in [-0.4, -0.2) is 50.3 Å². The lowest BCUT2D eigenvalue weighted by Gasteiger charge is -2.26. The van der Waals surface area contributed by atoms with Crippen molar-refractivity contribution in [3.63, 3.8) is 0 Å². The molecule has 0 bridgehead atoms. The Kier molecular flexibility index (Phi) is 4.83. The maximum atomic E-state index is 11.7. The molecule has 0 aromatic heterocycles. The highest BCUT2D eigenvalue weighted by atomic mass is 32.2. The first-order chi connectivity index (χ1) is 5.84. The summed E-state index contributed by atoms with van der Waals surface area (Å²) in [6.07, 6.45) is 0. The van der Waals surface area contributed by atoms with Crippen LogP contribution in [0, 0.1) is 0 Å². The average molecular weight is 209 g/mol. The molecule has 6 heteroatoms. The fourth-order valence-corrected chi connectivity index (χ4v) is 2.09. The Hall–Kier alpha value is -0.170. The predicted octanol–water partition coefficient (Wildman–Crippen LogP) is -0.538. The number of nitrogens with two attached hydrogens (primary N) is 1. The molecule has 2 N–H and O–H groups in total. The van der Waals surface area contributed by atoms with Crippen LogP contribution < -0.4 is 5.73 Å². The van der Waals surface area contributed by atoms with Gasteiger partial charge in [0, 0.05) is 33.2 Å². The summed E-state index contributed by atoms with van der Waals surface area (Å²) >= 11 is 0. The molecule has 0 aliphatic heterocycles. The lowest BCUT2D eigenvalue weighted by atomic mass is 10.4. The first-order valence-corrected chi connectivity index (χ1v) is 5.63. The van der Waals surface area contributed by atoms with Crippen molar-refractivity contribution in [2.45, 2.75) is 19.9 Å². The summed E-state index contributed by atoms with van der Waals surface area (Å²) in [6.45, 7) is 4.34. The molecular weight excluding hydrogens is 190 g/mol. The summed E-state index contributed by atoms with van der Waals surface area (Å²) in [5.41, 5.74) is 5.28. The highest BCUT2D eigenvalue weighted by Gasteiger charge is 2.24. The minimum Gasteiger partial charge on any atom is -0.329 e. The smallest absolute Gasteiger partial charge is 0.281 e. The second kappa shape index (κ2) is 4.90. The van der Waals surface area contributed by atoms with E-state index in [2.05, 4.69) is 0 Å². The first kappa shape index (κ1) is 12.8. The quantitative estimate of drug-likeness (QED) is 0.661. The molecule has 0 aromatic carbocycles. The summed E-state index contributed by atoms with van der Waals surface area (Å²) < 4.78 is 25.9. The third-order valence-corrected chi connectivity index (χ3v) is 4.05. The molecular formula is C7H19N3O2S. The van der Waals surface area contributed by atoms with Crippen LogP contribution in [0.4, 0.5) is 0 Å². The van der Waals surface area contributed by atoms with Crippen LogP contribution in [0.3, 0.4) is 0 Å². The van der Waals surface area contributed by atoms with Crippen LogP contribution in [0.2, 0.25) is 0 Å². The molecule has 0 aliphatic carbocycles. The summed E-state index contributed by atoms with van der Waals surface area (Å²) in [5, 5.41) is 0. The van der Waals surface area contributed by atoms with E-state index in [1.807, 2.05) is 13.8 Å². The Morgan fingerprint density at radius 3 is 2.08 bits per heavy atom. The molecule has 0 rings (SSSR count). The first-order valence-electron chi connectivity index (χ1n) is 4.23. The molecule has 0 radical (unpaired) electrons. The zero-order valence-corrected chi connectivity index (χ0v) is 9.50. The van der Waals surface area contributed by atoms with E-state index in [-0.39, 0.29) is 6.04 Å². The molecule has 80 valence electrons. The van der Waals surface area contributed by atoms with Gasteiger partial charge >= 0.3 is 0 Å². The molecule has 0 heterocycles. The van der Waals surface area contributed by atoms with Crippen LogP contribution in [0.5, 0.6) is 0 Å². The van der Waals surface area contributed by atoms with E-state index in [1.165, 1.54) is 15.7 Å². The third-order valence-electron chi connectivity index (χ3n) is 1.93. The van der Waals surface area contributed by atoms with Crippen LogP contribution in [0.1, 0.15) is 13.8 Å². The zero-order valence-electron chi connectivity index (χ0n) is 8.69. The van der Waals surface area contributed by atoms with Crippen molar-refractivity contribution in [3.8, 4) is 0 Å². The topological polar surface area (TPSA) is 66.6 Å². The molecule has 0 atom stereocenters. The Morgan fingerprint density at radius 2 is 1.77 bits per heavy atom. The van der Waals surface area contributed by atoms with Gasteiger partial charge in [-0.1, -0.05) is 0 Å². The maximum Gasteiger partial charge on any atom is 0.281 e. The van der Waals surface area contributed by atoms with Crippen molar-refractivity contribution < 1.29 is 8.42 Å². The number of hydrogen-bond acceptors (Lipinski definition) is 3. The normalized spacial score (nSPS) is 13.2. The summed E-state index contributed by atoms with van der Waals surface area (Å²) in [6, 6.07) is -0.0368. The standard InChI is InChI=1S/C7H19N3O2S/c1-7(2)10(4)13(11,12)9(3)6-5-8/h7H,5-6,8H2,1-4H3. The van der Waals surface area contributed by atoms with Crippen molar-refractivity contribution in [2.75, 3.05) is 27.2 Å². The van der Waals surface area contributed by atoms with E-state index in [0.717, 1.165) is 0 Å². The molecule has 0 fully saturated rings. The highest BCUT2D eigenvalue weighted by molar-refractivity contribution is 7.86. The Balaban J connectivity index is 4.56. The van der Waals surface area contributed by atoms with E-state index in [0.29, 0.717) is 13.1 Å². The van der Waals surface area contributed by atoms with Crippen molar-refractivity contribution in [1.29, 1.82) is 0 Å². The molecule has 0 aliphatic rings. The van der Waals surface area contributed by atoms with Crippen LogP contribution in [0.25, 0.3) is 0 Å². The molecule has 13 heavy (non-hydrogen) atoms. The summed E-state index contributed by atoms with van der Waals surface area (Å²) in [7, 11) is -0.222. The van der Waals surface area contributed by atoms with E-state index in [9.17, 15) is 8.42 Å². The van der Waals surface area contributed by atoms with E-state index in [1.54, 1.807) is 7.05 Å². The van der Waals surface area contributed by atoms with Crippen molar-refractivity contribution >= 4 is 10.2 Å². The molecule has 0 amide bonds. The zero-order chi connectivity index (χ0) is 10.6. The Morgan fingerprint density at radius 1 is 1.31 bits per heavy atom. The summed E-state index contributed by atoms with van der Waals surface area (Å²) in [5.74, 6) is 0. The van der Waals surface area contributed by atoms with Gasteiger partial charge in [-0.3, -0.25) is 0 Å². The van der Waals surface area contributed by atoms with Crippen LogP contribution >= 0.6 is 0 Å². The van der Waals surface area contributed by atoms with Gasteiger partial charge in [-0.05, 0) is 13.8 Å². The highest BCUT2D eigenvalue weighted by Crippen LogP contribution is 2.06. The second-order valence-electron chi connectivity index (χ2n) is 3.23. The van der Waals surface area contributed by atoms with Gasteiger partial charge in [0.2, 0.25) is 0 Å².